The lowest BCUT2D eigenvalue weighted by molar-refractivity contribution is 0.102. The highest BCUT2D eigenvalue weighted by Crippen LogP contribution is 2.26. The summed E-state index contributed by atoms with van der Waals surface area (Å²) < 4.78 is 0. The first-order valence-corrected chi connectivity index (χ1v) is 9.08. The number of nitrogens with one attached hydrogen (secondary N) is 1. The fraction of sp³-hybridized carbons (Fsp3) is 0.182. The average Bonchev–Trinajstić information content (AvgIpc) is 2.63. The van der Waals surface area contributed by atoms with Crippen molar-refractivity contribution < 1.29 is 4.79 Å². The maximum absolute atomic E-state index is 12.7. The molecule has 1 heterocycles. The zero-order valence-corrected chi connectivity index (χ0v) is 16.4. The van der Waals surface area contributed by atoms with Crippen LogP contribution in [0.25, 0.3) is 11.3 Å². The highest BCUT2D eigenvalue weighted by molar-refractivity contribution is 6.34. The molecule has 138 valence electrons. The van der Waals surface area contributed by atoms with E-state index in [4.69, 9.17) is 11.6 Å². The molecule has 0 aliphatic rings. The predicted molar refractivity (Wildman–Crippen MR) is 111 cm³/mol. The molecule has 0 atom stereocenters. The Bertz CT molecular complexity index is 955. The summed E-state index contributed by atoms with van der Waals surface area (Å²) in [5.41, 5.74) is 5.18. The summed E-state index contributed by atoms with van der Waals surface area (Å²) in [7, 11) is 3.98. The van der Waals surface area contributed by atoms with Gasteiger partial charge in [0, 0.05) is 24.0 Å². The van der Waals surface area contributed by atoms with Gasteiger partial charge in [-0.15, -0.1) is 0 Å². The lowest BCUT2D eigenvalue weighted by Gasteiger charge is -2.13. The molecule has 0 fully saturated rings. The van der Waals surface area contributed by atoms with Crippen molar-refractivity contribution in [2.24, 2.45) is 0 Å². The molecule has 2 aromatic carbocycles. The maximum Gasteiger partial charge on any atom is 0.257 e. The number of hydrogen-bond acceptors (Lipinski definition) is 3. The molecular weight excluding hydrogens is 358 g/mol. The van der Waals surface area contributed by atoms with Crippen LogP contribution in [0.15, 0.2) is 60.8 Å². The number of benzene rings is 2. The number of carbonyl (C=O) groups is 1. The van der Waals surface area contributed by atoms with Crippen molar-refractivity contribution in [2.45, 2.75) is 13.5 Å². The minimum Gasteiger partial charge on any atom is -0.322 e. The molecule has 4 nitrogen and oxygen atoms in total. The van der Waals surface area contributed by atoms with Gasteiger partial charge >= 0.3 is 0 Å². The Morgan fingerprint density at radius 2 is 1.93 bits per heavy atom. The second-order valence-corrected chi connectivity index (χ2v) is 7.16. The fourth-order valence-corrected chi connectivity index (χ4v) is 3.19. The van der Waals surface area contributed by atoms with Gasteiger partial charge < -0.3 is 10.2 Å². The fourth-order valence-electron chi connectivity index (χ4n) is 2.90. The molecule has 27 heavy (non-hydrogen) atoms. The quantitative estimate of drug-likeness (QED) is 0.676. The summed E-state index contributed by atoms with van der Waals surface area (Å²) in [5.74, 6) is -0.229. The molecule has 3 aromatic rings. The Kier molecular flexibility index (Phi) is 5.89. The summed E-state index contributed by atoms with van der Waals surface area (Å²) >= 11 is 6.34. The Morgan fingerprint density at radius 3 is 2.59 bits per heavy atom. The highest BCUT2D eigenvalue weighted by Gasteiger charge is 2.13. The Balaban J connectivity index is 1.82. The summed E-state index contributed by atoms with van der Waals surface area (Å²) in [6.45, 7) is 2.79. The van der Waals surface area contributed by atoms with Crippen LogP contribution in [0.1, 0.15) is 21.5 Å². The van der Waals surface area contributed by atoms with Crippen LogP contribution in [0, 0.1) is 6.92 Å². The van der Waals surface area contributed by atoms with E-state index in [2.05, 4.69) is 15.2 Å². The summed E-state index contributed by atoms with van der Waals surface area (Å²) in [6, 6.07) is 17.1. The van der Waals surface area contributed by atoms with E-state index in [-0.39, 0.29) is 5.91 Å². The van der Waals surface area contributed by atoms with E-state index in [1.807, 2.05) is 69.6 Å². The van der Waals surface area contributed by atoms with Gasteiger partial charge in [-0.25, -0.2) is 0 Å². The van der Waals surface area contributed by atoms with Crippen LogP contribution in [0.5, 0.6) is 0 Å². The number of nitrogens with zero attached hydrogens (tertiary/aromatic N) is 2. The number of anilines is 1. The van der Waals surface area contributed by atoms with Crippen molar-refractivity contribution >= 4 is 23.2 Å². The average molecular weight is 380 g/mol. The third-order valence-corrected chi connectivity index (χ3v) is 4.53. The highest BCUT2D eigenvalue weighted by atomic mass is 35.5. The number of halogens is 1. The standard InChI is InChI=1S/C22H22ClN3O/c1-15-7-9-17(13-19(15)21-6-4-5-11-24-21)25-22(27)18-10-8-16(12-20(18)23)14-26(2)3/h4-13H,14H2,1-3H3,(H,25,27). The van der Waals surface area contributed by atoms with E-state index in [9.17, 15) is 4.79 Å². The van der Waals surface area contributed by atoms with E-state index in [0.29, 0.717) is 16.3 Å². The number of aromatic nitrogens is 1. The smallest absolute Gasteiger partial charge is 0.257 e. The van der Waals surface area contributed by atoms with E-state index in [1.54, 1.807) is 12.3 Å². The van der Waals surface area contributed by atoms with Crippen molar-refractivity contribution in [2.75, 3.05) is 19.4 Å². The third-order valence-electron chi connectivity index (χ3n) is 4.21. The van der Waals surface area contributed by atoms with Crippen molar-refractivity contribution in [3.05, 3.63) is 82.5 Å². The number of hydrogen-bond donors (Lipinski definition) is 1. The lowest BCUT2D eigenvalue weighted by Crippen LogP contribution is -2.14. The largest absolute Gasteiger partial charge is 0.322 e. The molecule has 1 aromatic heterocycles. The van der Waals surface area contributed by atoms with Crippen LogP contribution in [-0.2, 0) is 6.54 Å². The monoisotopic (exact) mass is 379 g/mol. The van der Waals surface area contributed by atoms with Crippen LogP contribution in [0.3, 0.4) is 0 Å². The Hall–Kier alpha value is -2.69. The van der Waals surface area contributed by atoms with Gasteiger partial charge in [-0.3, -0.25) is 9.78 Å². The van der Waals surface area contributed by atoms with Crippen molar-refractivity contribution in [1.29, 1.82) is 0 Å². The van der Waals surface area contributed by atoms with Gasteiger partial charge in [0.1, 0.15) is 0 Å². The number of carbonyl (C=O) groups excluding carboxylic acids is 1. The number of pyridine rings is 1. The lowest BCUT2D eigenvalue weighted by atomic mass is 10.0. The topological polar surface area (TPSA) is 45.2 Å². The second kappa shape index (κ2) is 8.33. The van der Waals surface area contributed by atoms with E-state index >= 15 is 0 Å². The minimum atomic E-state index is -0.229. The van der Waals surface area contributed by atoms with Gasteiger partial charge in [0.25, 0.3) is 5.91 Å². The van der Waals surface area contributed by atoms with Crippen LogP contribution in [0.4, 0.5) is 5.69 Å². The molecular formula is C22H22ClN3O. The summed E-state index contributed by atoms with van der Waals surface area (Å²) in [4.78, 5) is 19.1. The maximum atomic E-state index is 12.7. The molecule has 0 saturated carbocycles. The molecule has 0 saturated heterocycles. The normalized spacial score (nSPS) is 10.9. The van der Waals surface area contributed by atoms with Crippen LogP contribution in [0.2, 0.25) is 5.02 Å². The van der Waals surface area contributed by atoms with Gasteiger partial charge in [-0.05, 0) is 68.5 Å². The molecule has 5 heteroatoms. The van der Waals surface area contributed by atoms with Crippen LogP contribution in [-0.4, -0.2) is 29.9 Å². The zero-order chi connectivity index (χ0) is 19.4. The summed E-state index contributed by atoms with van der Waals surface area (Å²) in [5, 5.41) is 3.38. The first-order valence-electron chi connectivity index (χ1n) is 8.70. The first kappa shape index (κ1) is 19.1. The summed E-state index contributed by atoms with van der Waals surface area (Å²) in [6.07, 6.45) is 1.76. The van der Waals surface area contributed by atoms with Crippen molar-refractivity contribution in [1.82, 2.24) is 9.88 Å². The SMILES string of the molecule is Cc1ccc(NC(=O)c2ccc(CN(C)C)cc2Cl)cc1-c1ccccn1. The van der Waals surface area contributed by atoms with Gasteiger partial charge in [-0.2, -0.15) is 0 Å². The van der Waals surface area contributed by atoms with Crippen LogP contribution < -0.4 is 5.32 Å². The van der Waals surface area contributed by atoms with Crippen molar-refractivity contribution in [3.63, 3.8) is 0 Å². The molecule has 0 spiro atoms. The third kappa shape index (κ3) is 4.73. The molecule has 1 amide bonds. The van der Waals surface area contributed by atoms with Gasteiger partial charge in [0.15, 0.2) is 0 Å². The van der Waals surface area contributed by atoms with E-state index in [1.165, 1.54) is 0 Å². The van der Waals surface area contributed by atoms with Gasteiger partial charge in [0.05, 0.1) is 16.3 Å². The number of amides is 1. The minimum absolute atomic E-state index is 0.229. The van der Waals surface area contributed by atoms with Crippen molar-refractivity contribution in [3.8, 4) is 11.3 Å². The molecule has 0 aliphatic heterocycles. The predicted octanol–water partition coefficient (Wildman–Crippen LogP) is 5.02. The number of aryl methyl sites for hydroxylation is 1. The molecule has 1 N–H and O–H groups in total. The van der Waals surface area contributed by atoms with Crippen LogP contribution >= 0.6 is 11.6 Å². The van der Waals surface area contributed by atoms with E-state index in [0.717, 1.165) is 28.9 Å². The molecule has 3 rings (SSSR count). The van der Waals surface area contributed by atoms with Gasteiger partial charge in [-0.1, -0.05) is 29.8 Å². The zero-order valence-electron chi connectivity index (χ0n) is 15.7. The Morgan fingerprint density at radius 1 is 1.11 bits per heavy atom. The first-order chi connectivity index (χ1) is 12.9. The molecule has 0 unspecified atom stereocenters. The Labute approximate surface area is 164 Å². The molecule has 0 aliphatic carbocycles. The molecule has 0 radical (unpaired) electrons. The van der Waals surface area contributed by atoms with E-state index < -0.39 is 0 Å². The molecule has 0 bridgehead atoms. The number of rotatable bonds is 5. The van der Waals surface area contributed by atoms with Gasteiger partial charge in [0.2, 0.25) is 0 Å². The second-order valence-electron chi connectivity index (χ2n) is 6.75.